The number of hydrogen-bond donors (Lipinski definition) is 4. The average Bonchev–Trinajstić information content (AvgIpc) is 3.05. The lowest BCUT2D eigenvalue weighted by molar-refractivity contribution is -0.145. The minimum Gasteiger partial charge on any atom is -0.489 e. The summed E-state index contributed by atoms with van der Waals surface area (Å²) in [6.07, 6.45) is -0.564. The average molecular weight is 716 g/mol. The summed E-state index contributed by atoms with van der Waals surface area (Å²) in [4.78, 5) is 63.0. The summed E-state index contributed by atoms with van der Waals surface area (Å²) in [5, 5.41) is 10.9. The predicted molar refractivity (Wildman–Crippen MR) is 184 cm³/mol. The molecule has 0 spiro atoms. The Morgan fingerprint density at radius 3 is 1.92 bits per heavy atom. The molecule has 0 aliphatic carbocycles. The molecule has 262 valence electrons. The minimum absolute atomic E-state index is 0.0576. The highest BCUT2D eigenvalue weighted by Crippen LogP contribution is 2.26. The molecule has 0 aliphatic heterocycles. The summed E-state index contributed by atoms with van der Waals surface area (Å²) in [7, 11) is 1.21. The van der Waals surface area contributed by atoms with E-state index in [-0.39, 0.29) is 19.4 Å². The summed E-state index contributed by atoms with van der Waals surface area (Å²) in [5.41, 5.74) is 1.31. The van der Waals surface area contributed by atoms with Gasteiger partial charge in [-0.25, -0.2) is 9.59 Å². The van der Waals surface area contributed by atoms with Crippen LogP contribution < -0.4 is 26.0 Å². The maximum absolute atomic E-state index is 13.2. The molecule has 0 aliphatic rings. The van der Waals surface area contributed by atoms with Crippen LogP contribution in [0.4, 0.5) is 4.79 Å². The smallest absolute Gasteiger partial charge is 0.408 e. The number of amides is 4. The number of methoxy groups -OCH3 is 1. The van der Waals surface area contributed by atoms with Gasteiger partial charge in [0.2, 0.25) is 17.7 Å². The number of hydrogen-bond acceptors (Lipinski definition) is 8. The fourth-order valence-corrected chi connectivity index (χ4v) is 4.91. The molecule has 0 heterocycles. The highest BCUT2D eigenvalue weighted by molar-refractivity contribution is 6.35. The normalized spacial score (nSPS) is 12.1. The van der Waals surface area contributed by atoms with E-state index in [0.717, 1.165) is 5.56 Å². The molecule has 14 heteroatoms. The van der Waals surface area contributed by atoms with Gasteiger partial charge < -0.3 is 35.5 Å². The lowest BCUT2D eigenvalue weighted by Crippen LogP contribution is -2.52. The largest absolute Gasteiger partial charge is 0.489 e. The lowest BCUT2D eigenvalue weighted by Gasteiger charge is -2.23. The molecular formula is C35H40Cl2N4O8. The molecular weight excluding hydrogens is 675 g/mol. The van der Waals surface area contributed by atoms with Crippen molar-refractivity contribution >= 4 is 53.0 Å². The third-order valence-corrected chi connectivity index (χ3v) is 7.50. The van der Waals surface area contributed by atoms with Crippen molar-refractivity contribution in [1.82, 2.24) is 21.3 Å². The molecule has 4 N–H and O–H groups in total. The third-order valence-electron chi connectivity index (χ3n) is 6.79. The Balaban J connectivity index is 1.56. The maximum atomic E-state index is 13.2. The van der Waals surface area contributed by atoms with Crippen molar-refractivity contribution in [3.8, 4) is 5.75 Å². The number of esters is 1. The summed E-state index contributed by atoms with van der Waals surface area (Å²) in [5.74, 6) is -2.06. The number of halogens is 2. The molecule has 3 aromatic rings. The van der Waals surface area contributed by atoms with Crippen molar-refractivity contribution < 1.29 is 38.2 Å². The van der Waals surface area contributed by atoms with Crippen LogP contribution in [0.3, 0.4) is 0 Å². The number of ether oxygens (including phenoxy) is 3. The molecule has 0 saturated heterocycles. The van der Waals surface area contributed by atoms with Gasteiger partial charge in [-0.05, 0) is 56.2 Å². The Morgan fingerprint density at radius 2 is 1.31 bits per heavy atom. The number of nitrogens with one attached hydrogen (secondary N) is 4. The van der Waals surface area contributed by atoms with E-state index in [0.29, 0.717) is 26.9 Å². The van der Waals surface area contributed by atoms with Crippen molar-refractivity contribution in [2.45, 2.75) is 57.9 Å². The fourth-order valence-electron chi connectivity index (χ4n) is 4.40. The molecule has 49 heavy (non-hydrogen) atoms. The Morgan fingerprint density at radius 1 is 0.714 bits per heavy atom. The lowest BCUT2D eigenvalue weighted by atomic mass is 10.1. The van der Waals surface area contributed by atoms with Crippen LogP contribution in [-0.2, 0) is 48.1 Å². The molecule has 4 amide bonds. The highest BCUT2D eigenvalue weighted by Gasteiger charge is 2.26. The molecule has 0 fully saturated rings. The van der Waals surface area contributed by atoms with Gasteiger partial charge in [-0.15, -0.1) is 0 Å². The molecule has 0 saturated carbocycles. The second kappa shape index (κ2) is 18.7. The van der Waals surface area contributed by atoms with E-state index >= 15 is 0 Å². The topological polar surface area (TPSA) is 161 Å². The predicted octanol–water partition coefficient (Wildman–Crippen LogP) is 4.14. The number of benzene rings is 3. The SMILES string of the molecule is COC(=O)[C@H](Cc1ccccc1)NC(=O)CNC(=O)CNC(=O)[C@H](Cc1ccc(OCc2c(Cl)cccc2Cl)cc1)NC(=O)OC(C)(C)C. The van der Waals surface area contributed by atoms with Crippen LogP contribution in [0.2, 0.25) is 10.0 Å². The van der Waals surface area contributed by atoms with Crippen LogP contribution in [0.1, 0.15) is 37.5 Å². The molecule has 3 rings (SSSR count). The number of carbonyl (C=O) groups is 5. The quantitative estimate of drug-likeness (QED) is 0.171. The van der Waals surface area contributed by atoms with E-state index in [1.54, 1.807) is 75.4 Å². The van der Waals surface area contributed by atoms with Gasteiger partial charge in [-0.1, -0.05) is 71.7 Å². The van der Waals surface area contributed by atoms with Crippen LogP contribution in [0.5, 0.6) is 5.75 Å². The van der Waals surface area contributed by atoms with E-state index in [1.165, 1.54) is 7.11 Å². The van der Waals surface area contributed by atoms with E-state index in [1.807, 2.05) is 18.2 Å². The van der Waals surface area contributed by atoms with Gasteiger partial charge in [-0.3, -0.25) is 14.4 Å². The van der Waals surface area contributed by atoms with Crippen molar-refractivity contribution in [2.75, 3.05) is 20.2 Å². The van der Waals surface area contributed by atoms with Crippen molar-refractivity contribution in [1.29, 1.82) is 0 Å². The Labute approximate surface area is 295 Å². The zero-order valence-electron chi connectivity index (χ0n) is 27.6. The highest BCUT2D eigenvalue weighted by atomic mass is 35.5. The Bertz CT molecular complexity index is 1580. The first-order chi connectivity index (χ1) is 23.2. The molecule has 2 atom stereocenters. The van der Waals surface area contributed by atoms with E-state index in [4.69, 9.17) is 37.4 Å². The number of carbonyl (C=O) groups excluding carboxylic acids is 5. The van der Waals surface area contributed by atoms with Gasteiger partial charge in [0, 0.05) is 28.5 Å². The van der Waals surface area contributed by atoms with Crippen LogP contribution in [-0.4, -0.2) is 67.7 Å². The molecule has 0 aromatic heterocycles. The number of alkyl carbamates (subject to hydrolysis) is 1. The maximum Gasteiger partial charge on any atom is 0.408 e. The monoisotopic (exact) mass is 714 g/mol. The van der Waals surface area contributed by atoms with Crippen LogP contribution in [0, 0.1) is 0 Å². The molecule has 3 aromatic carbocycles. The second-order valence-electron chi connectivity index (χ2n) is 11.9. The summed E-state index contributed by atoms with van der Waals surface area (Å²) < 4.78 is 15.9. The standard InChI is InChI=1S/C35H40Cl2N4O8/c1-35(2,3)49-34(46)41-28(17-23-13-15-24(16-14-23)48-21-25-26(36)11-8-12-27(25)37)32(44)39-19-30(42)38-20-31(43)40-29(33(45)47-4)18-22-9-6-5-7-10-22/h5-16,28-29H,17-21H2,1-4H3,(H,38,42)(H,39,44)(H,40,43)(H,41,46)/t28-,29-/m0/s1. The van der Waals surface area contributed by atoms with Gasteiger partial charge >= 0.3 is 12.1 Å². The van der Waals surface area contributed by atoms with E-state index in [2.05, 4.69) is 21.3 Å². The third kappa shape index (κ3) is 13.7. The van der Waals surface area contributed by atoms with E-state index < -0.39 is 60.6 Å². The van der Waals surface area contributed by atoms with Gasteiger partial charge in [0.15, 0.2) is 0 Å². The zero-order chi connectivity index (χ0) is 36.0. The van der Waals surface area contributed by atoms with Gasteiger partial charge in [0.1, 0.15) is 30.0 Å². The minimum atomic E-state index is -1.11. The van der Waals surface area contributed by atoms with Crippen molar-refractivity contribution in [3.63, 3.8) is 0 Å². The van der Waals surface area contributed by atoms with Gasteiger partial charge in [0.05, 0.1) is 20.2 Å². The Hall–Kier alpha value is -4.81. The van der Waals surface area contributed by atoms with Crippen molar-refractivity contribution in [3.05, 3.63) is 99.5 Å². The fraction of sp³-hybridized carbons (Fsp3) is 0.343. The van der Waals surface area contributed by atoms with Crippen LogP contribution in [0.25, 0.3) is 0 Å². The number of rotatable bonds is 15. The van der Waals surface area contributed by atoms with E-state index in [9.17, 15) is 24.0 Å². The summed E-state index contributed by atoms with van der Waals surface area (Å²) in [6.45, 7) is 4.27. The van der Waals surface area contributed by atoms with Gasteiger partial charge in [0.25, 0.3) is 0 Å². The Kier molecular flexibility index (Phi) is 14.7. The summed E-state index contributed by atoms with van der Waals surface area (Å²) >= 11 is 12.4. The first-order valence-electron chi connectivity index (χ1n) is 15.3. The first kappa shape index (κ1) is 38.6. The van der Waals surface area contributed by atoms with Gasteiger partial charge in [-0.2, -0.15) is 0 Å². The zero-order valence-corrected chi connectivity index (χ0v) is 29.2. The molecule has 12 nitrogen and oxygen atoms in total. The van der Waals surface area contributed by atoms with Crippen LogP contribution in [0.15, 0.2) is 72.8 Å². The van der Waals surface area contributed by atoms with Crippen LogP contribution >= 0.6 is 23.2 Å². The molecule has 0 bridgehead atoms. The second-order valence-corrected chi connectivity index (χ2v) is 12.7. The summed E-state index contributed by atoms with van der Waals surface area (Å²) in [6, 6.07) is 19.0. The first-order valence-corrected chi connectivity index (χ1v) is 16.1. The molecule has 0 radical (unpaired) electrons. The van der Waals surface area contributed by atoms with Crippen molar-refractivity contribution in [2.24, 2.45) is 0 Å². The molecule has 0 unspecified atom stereocenters.